The number of ketones is 1. The predicted octanol–water partition coefficient (Wildman–Crippen LogP) is 4.93. The predicted molar refractivity (Wildman–Crippen MR) is 87.7 cm³/mol. The number of carbonyl (C=O) groups is 1. The second-order valence-electron chi connectivity index (χ2n) is 4.29. The van der Waals surface area contributed by atoms with E-state index >= 15 is 0 Å². The lowest BCUT2D eigenvalue weighted by atomic mass is 9.94. The largest absolute Gasteiger partial charge is 0.377 e. The zero-order chi connectivity index (χ0) is 15.7. The standard InChI is InChI=1S/C13H19NO.2C2H6/c1-8-7-12(14(5)6)13(11(4)15)10(3)9(8)2;2*1-2/h7H,1-6H3;2*1-2H3. The van der Waals surface area contributed by atoms with E-state index in [4.69, 9.17) is 0 Å². The lowest BCUT2D eigenvalue weighted by molar-refractivity contribution is 0.101. The molecule has 110 valence electrons. The van der Waals surface area contributed by atoms with Gasteiger partial charge in [0.1, 0.15) is 0 Å². The maximum atomic E-state index is 11.6. The molecule has 0 aliphatic rings. The van der Waals surface area contributed by atoms with Gasteiger partial charge < -0.3 is 4.90 Å². The topological polar surface area (TPSA) is 20.3 Å². The van der Waals surface area contributed by atoms with Gasteiger partial charge >= 0.3 is 0 Å². The molecule has 1 aromatic carbocycles. The molecule has 0 saturated heterocycles. The van der Waals surface area contributed by atoms with E-state index in [9.17, 15) is 4.79 Å². The van der Waals surface area contributed by atoms with Crippen LogP contribution < -0.4 is 4.90 Å². The van der Waals surface area contributed by atoms with Gasteiger partial charge in [-0.05, 0) is 50.5 Å². The number of anilines is 1. The number of rotatable bonds is 2. The number of hydrogen-bond donors (Lipinski definition) is 0. The molecule has 0 aliphatic heterocycles. The van der Waals surface area contributed by atoms with Crippen molar-refractivity contribution in [2.75, 3.05) is 19.0 Å². The zero-order valence-electron chi connectivity index (χ0n) is 14.4. The maximum absolute atomic E-state index is 11.6. The molecule has 0 heterocycles. The third-order valence-corrected chi connectivity index (χ3v) is 2.97. The minimum Gasteiger partial charge on any atom is -0.377 e. The van der Waals surface area contributed by atoms with Crippen LogP contribution in [0, 0.1) is 20.8 Å². The van der Waals surface area contributed by atoms with Gasteiger partial charge in [-0.2, -0.15) is 0 Å². The molecule has 0 aromatic heterocycles. The van der Waals surface area contributed by atoms with Gasteiger partial charge in [0.05, 0.1) is 0 Å². The molecule has 19 heavy (non-hydrogen) atoms. The van der Waals surface area contributed by atoms with E-state index in [1.165, 1.54) is 11.1 Å². The minimum absolute atomic E-state index is 0.138. The fraction of sp³-hybridized carbons (Fsp3) is 0.588. The maximum Gasteiger partial charge on any atom is 0.162 e. The number of aryl methyl sites for hydroxylation is 1. The van der Waals surface area contributed by atoms with Gasteiger partial charge in [-0.25, -0.2) is 0 Å². The summed E-state index contributed by atoms with van der Waals surface area (Å²) in [5.41, 5.74) is 5.42. The van der Waals surface area contributed by atoms with Crippen molar-refractivity contribution in [3.8, 4) is 0 Å². The van der Waals surface area contributed by atoms with Crippen LogP contribution in [-0.4, -0.2) is 19.9 Å². The highest BCUT2D eigenvalue weighted by Gasteiger charge is 2.15. The van der Waals surface area contributed by atoms with Gasteiger partial charge in [0.2, 0.25) is 0 Å². The van der Waals surface area contributed by atoms with Gasteiger partial charge in [-0.15, -0.1) is 0 Å². The summed E-state index contributed by atoms with van der Waals surface area (Å²) in [6, 6.07) is 2.08. The highest BCUT2D eigenvalue weighted by atomic mass is 16.1. The summed E-state index contributed by atoms with van der Waals surface area (Å²) in [4.78, 5) is 13.6. The summed E-state index contributed by atoms with van der Waals surface area (Å²) in [6.07, 6.45) is 0. The quantitative estimate of drug-likeness (QED) is 0.706. The molecule has 0 spiro atoms. The van der Waals surface area contributed by atoms with E-state index < -0.39 is 0 Å². The Morgan fingerprint density at radius 2 is 1.37 bits per heavy atom. The first kappa shape index (κ1) is 20.0. The molecular weight excluding hydrogens is 234 g/mol. The Kier molecular flexibility index (Phi) is 10.1. The van der Waals surface area contributed by atoms with Gasteiger partial charge in [-0.3, -0.25) is 4.79 Å². The normalized spacial score (nSPS) is 8.74. The summed E-state index contributed by atoms with van der Waals surface area (Å²) in [5, 5.41) is 0. The average Bonchev–Trinajstić information content (AvgIpc) is 2.39. The summed E-state index contributed by atoms with van der Waals surface area (Å²) in [7, 11) is 3.94. The lowest BCUT2D eigenvalue weighted by Crippen LogP contribution is -2.15. The molecule has 0 saturated carbocycles. The van der Waals surface area contributed by atoms with Crippen LogP contribution in [0.15, 0.2) is 6.07 Å². The SMILES string of the molecule is CC.CC.CC(=O)c1c(N(C)C)cc(C)c(C)c1C. The van der Waals surface area contributed by atoms with E-state index in [0.29, 0.717) is 0 Å². The molecular formula is C17H31NO. The number of benzene rings is 1. The molecule has 1 aromatic rings. The number of Topliss-reactive ketones (excluding diaryl/α,β-unsaturated/α-hetero) is 1. The van der Waals surface area contributed by atoms with Gasteiger partial charge in [0, 0.05) is 25.3 Å². The molecule has 0 amide bonds. The van der Waals surface area contributed by atoms with Crippen molar-refractivity contribution >= 4 is 11.5 Å². The van der Waals surface area contributed by atoms with Crippen molar-refractivity contribution in [3.05, 3.63) is 28.3 Å². The summed E-state index contributed by atoms with van der Waals surface area (Å²) in [6.45, 7) is 15.8. The van der Waals surface area contributed by atoms with Crippen LogP contribution in [0.4, 0.5) is 5.69 Å². The van der Waals surface area contributed by atoms with Crippen LogP contribution >= 0.6 is 0 Å². The zero-order valence-corrected chi connectivity index (χ0v) is 14.4. The molecule has 1 rings (SSSR count). The van der Waals surface area contributed by atoms with E-state index in [-0.39, 0.29) is 5.78 Å². The van der Waals surface area contributed by atoms with Crippen molar-refractivity contribution in [2.45, 2.75) is 55.4 Å². The molecule has 0 fully saturated rings. The van der Waals surface area contributed by atoms with Crippen LogP contribution in [0.2, 0.25) is 0 Å². The molecule has 0 aliphatic carbocycles. The molecule has 0 radical (unpaired) electrons. The first-order chi connectivity index (χ1) is 8.86. The number of nitrogens with zero attached hydrogens (tertiary/aromatic N) is 1. The van der Waals surface area contributed by atoms with Gasteiger partial charge in [0.15, 0.2) is 5.78 Å². The molecule has 2 heteroatoms. The third kappa shape index (κ3) is 5.06. The smallest absolute Gasteiger partial charge is 0.162 e. The molecule has 0 bridgehead atoms. The number of hydrogen-bond acceptors (Lipinski definition) is 2. The Morgan fingerprint density at radius 3 is 1.68 bits per heavy atom. The minimum atomic E-state index is 0.138. The van der Waals surface area contributed by atoms with Crippen LogP contribution in [0.5, 0.6) is 0 Å². The van der Waals surface area contributed by atoms with E-state index in [1.807, 2.05) is 53.6 Å². The highest BCUT2D eigenvalue weighted by Crippen LogP contribution is 2.28. The van der Waals surface area contributed by atoms with Crippen molar-refractivity contribution < 1.29 is 4.79 Å². The Hall–Kier alpha value is -1.31. The van der Waals surface area contributed by atoms with Crippen LogP contribution in [0.3, 0.4) is 0 Å². The Morgan fingerprint density at radius 1 is 0.947 bits per heavy atom. The number of carbonyl (C=O) groups excluding carboxylic acids is 1. The summed E-state index contributed by atoms with van der Waals surface area (Å²) >= 11 is 0. The fourth-order valence-electron chi connectivity index (χ4n) is 1.86. The molecule has 0 atom stereocenters. The summed E-state index contributed by atoms with van der Waals surface area (Å²) < 4.78 is 0. The van der Waals surface area contributed by atoms with Crippen molar-refractivity contribution in [1.29, 1.82) is 0 Å². The monoisotopic (exact) mass is 265 g/mol. The van der Waals surface area contributed by atoms with Crippen molar-refractivity contribution in [1.82, 2.24) is 0 Å². The van der Waals surface area contributed by atoms with Crippen LogP contribution in [0.25, 0.3) is 0 Å². The summed E-state index contributed by atoms with van der Waals surface area (Å²) in [5.74, 6) is 0.138. The highest BCUT2D eigenvalue weighted by molar-refractivity contribution is 6.01. The first-order valence-corrected chi connectivity index (χ1v) is 7.15. The van der Waals surface area contributed by atoms with Crippen LogP contribution in [-0.2, 0) is 0 Å². The van der Waals surface area contributed by atoms with E-state index in [1.54, 1.807) is 6.92 Å². The van der Waals surface area contributed by atoms with E-state index in [0.717, 1.165) is 16.8 Å². The molecule has 0 N–H and O–H groups in total. The van der Waals surface area contributed by atoms with Crippen molar-refractivity contribution in [2.24, 2.45) is 0 Å². The van der Waals surface area contributed by atoms with Gasteiger partial charge in [0.25, 0.3) is 0 Å². The third-order valence-electron chi connectivity index (χ3n) is 2.97. The Labute approximate surface area is 119 Å². The van der Waals surface area contributed by atoms with Gasteiger partial charge in [-0.1, -0.05) is 27.7 Å². The average molecular weight is 265 g/mol. The Balaban J connectivity index is 0. The van der Waals surface area contributed by atoms with Crippen molar-refractivity contribution in [3.63, 3.8) is 0 Å². The Bertz CT molecular complexity index is 406. The fourth-order valence-corrected chi connectivity index (χ4v) is 1.86. The van der Waals surface area contributed by atoms with Crippen LogP contribution in [0.1, 0.15) is 61.7 Å². The molecule has 2 nitrogen and oxygen atoms in total. The van der Waals surface area contributed by atoms with E-state index in [2.05, 4.69) is 19.9 Å². The molecule has 0 unspecified atom stereocenters. The second kappa shape index (κ2) is 9.60. The first-order valence-electron chi connectivity index (χ1n) is 7.15. The second-order valence-corrected chi connectivity index (χ2v) is 4.29. The lowest BCUT2D eigenvalue weighted by Gasteiger charge is -2.20.